The molecule has 2 rings (SSSR count). The highest BCUT2D eigenvalue weighted by atomic mass is 32.1. The van der Waals surface area contributed by atoms with Crippen LogP contribution in [0.5, 0.6) is 0 Å². The van der Waals surface area contributed by atoms with Crippen molar-refractivity contribution in [1.29, 1.82) is 5.41 Å². The van der Waals surface area contributed by atoms with Crippen LogP contribution in [0.4, 0.5) is 5.13 Å². The number of aromatic nitrogens is 1. The largest absolute Gasteiger partial charge is 0.370 e. The van der Waals surface area contributed by atoms with Crippen molar-refractivity contribution in [2.75, 3.05) is 5.32 Å². The van der Waals surface area contributed by atoms with Crippen LogP contribution in [0, 0.1) is 11.3 Å². The molecule has 0 amide bonds. The van der Waals surface area contributed by atoms with E-state index in [4.69, 9.17) is 11.1 Å². The van der Waals surface area contributed by atoms with Gasteiger partial charge in [0.15, 0.2) is 11.1 Å². The van der Waals surface area contributed by atoms with E-state index in [0.29, 0.717) is 11.8 Å². The second-order valence-corrected chi connectivity index (χ2v) is 6.17. The van der Waals surface area contributed by atoms with Crippen LogP contribution in [0.1, 0.15) is 49.6 Å². The Morgan fingerprint density at radius 1 is 1.65 bits per heavy atom. The molecule has 94 valence electrons. The molecule has 1 aliphatic carbocycles. The first-order valence-corrected chi connectivity index (χ1v) is 6.98. The van der Waals surface area contributed by atoms with E-state index in [9.17, 15) is 0 Å². The number of nitrogens with two attached hydrogens (primary N) is 1. The molecule has 1 heterocycles. The van der Waals surface area contributed by atoms with E-state index < -0.39 is 0 Å². The van der Waals surface area contributed by atoms with Crippen LogP contribution in [-0.2, 0) is 6.42 Å². The van der Waals surface area contributed by atoms with Crippen molar-refractivity contribution in [3.8, 4) is 0 Å². The molecular formula is C12H20N4S. The Balaban J connectivity index is 2.19. The third-order valence-corrected chi connectivity index (χ3v) is 4.11. The van der Waals surface area contributed by atoms with Crippen molar-refractivity contribution in [1.82, 2.24) is 4.98 Å². The van der Waals surface area contributed by atoms with Gasteiger partial charge in [-0.2, -0.15) is 0 Å². The number of hydrogen-bond donors (Lipinski definition) is 3. The van der Waals surface area contributed by atoms with Gasteiger partial charge in [0.1, 0.15) is 0 Å². The lowest BCUT2D eigenvalue weighted by Crippen LogP contribution is -2.20. The van der Waals surface area contributed by atoms with Gasteiger partial charge in [-0.05, 0) is 31.6 Å². The molecule has 0 radical (unpaired) electrons. The van der Waals surface area contributed by atoms with Crippen LogP contribution in [0.15, 0.2) is 0 Å². The van der Waals surface area contributed by atoms with Gasteiger partial charge in [-0.1, -0.05) is 13.8 Å². The van der Waals surface area contributed by atoms with Gasteiger partial charge in [0.05, 0.1) is 5.69 Å². The monoisotopic (exact) mass is 252 g/mol. The summed E-state index contributed by atoms with van der Waals surface area (Å²) in [6.07, 6.45) is 4.83. The molecule has 0 aliphatic heterocycles. The molecule has 1 atom stereocenters. The number of thiazole rings is 1. The van der Waals surface area contributed by atoms with Crippen LogP contribution in [0.3, 0.4) is 0 Å². The Labute approximate surface area is 106 Å². The summed E-state index contributed by atoms with van der Waals surface area (Å²) in [4.78, 5) is 5.99. The zero-order chi connectivity index (χ0) is 12.4. The number of anilines is 1. The Hall–Kier alpha value is -1.10. The van der Waals surface area contributed by atoms with Crippen molar-refractivity contribution in [2.45, 2.75) is 45.4 Å². The molecule has 1 aromatic rings. The van der Waals surface area contributed by atoms with Gasteiger partial charge in [-0.15, -0.1) is 11.3 Å². The molecule has 0 spiro atoms. The van der Waals surface area contributed by atoms with Crippen molar-refractivity contribution < 1.29 is 0 Å². The highest BCUT2D eigenvalue weighted by Gasteiger charge is 2.25. The second-order valence-electron chi connectivity index (χ2n) is 5.08. The third-order valence-electron chi connectivity index (χ3n) is 3.07. The Morgan fingerprint density at radius 2 is 2.41 bits per heavy atom. The average molecular weight is 252 g/mol. The van der Waals surface area contributed by atoms with E-state index in [2.05, 4.69) is 24.1 Å². The smallest absolute Gasteiger partial charge is 0.192 e. The summed E-state index contributed by atoms with van der Waals surface area (Å²) in [5.74, 6) is 1.27. The zero-order valence-electron chi connectivity index (χ0n) is 10.4. The number of guanidine groups is 1. The SMILES string of the molecule is CC(C)CC1CCCc2sc(NC(=N)N)nc21. The molecule has 1 aromatic heterocycles. The van der Waals surface area contributed by atoms with Crippen molar-refractivity contribution in [3.05, 3.63) is 10.6 Å². The van der Waals surface area contributed by atoms with Gasteiger partial charge >= 0.3 is 0 Å². The highest BCUT2D eigenvalue weighted by Crippen LogP contribution is 2.39. The van der Waals surface area contributed by atoms with E-state index >= 15 is 0 Å². The Kier molecular flexibility index (Phi) is 3.66. The van der Waals surface area contributed by atoms with Gasteiger partial charge in [0.25, 0.3) is 0 Å². The average Bonchev–Trinajstić information content (AvgIpc) is 2.59. The molecule has 5 heteroatoms. The first-order valence-electron chi connectivity index (χ1n) is 6.17. The summed E-state index contributed by atoms with van der Waals surface area (Å²) in [6.45, 7) is 4.52. The number of nitrogens with one attached hydrogen (secondary N) is 2. The fraction of sp³-hybridized carbons (Fsp3) is 0.667. The Bertz CT molecular complexity index is 411. The maximum Gasteiger partial charge on any atom is 0.192 e. The molecule has 0 saturated heterocycles. The zero-order valence-corrected chi connectivity index (χ0v) is 11.2. The summed E-state index contributed by atoms with van der Waals surface area (Å²) < 4.78 is 0. The summed E-state index contributed by atoms with van der Waals surface area (Å²) in [6, 6.07) is 0. The van der Waals surface area contributed by atoms with E-state index in [0.717, 1.165) is 11.6 Å². The van der Waals surface area contributed by atoms with Gasteiger partial charge in [-0.25, -0.2) is 4.98 Å². The lowest BCUT2D eigenvalue weighted by atomic mass is 9.85. The molecular weight excluding hydrogens is 232 g/mol. The normalized spacial score (nSPS) is 19.1. The van der Waals surface area contributed by atoms with Crippen molar-refractivity contribution in [3.63, 3.8) is 0 Å². The Morgan fingerprint density at radius 3 is 3.06 bits per heavy atom. The van der Waals surface area contributed by atoms with Crippen LogP contribution in [0.2, 0.25) is 0 Å². The number of nitrogens with zero attached hydrogens (tertiary/aromatic N) is 1. The lowest BCUT2D eigenvalue weighted by Gasteiger charge is -2.22. The quantitative estimate of drug-likeness (QED) is 0.572. The minimum absolute atomic E-state index is 0.0310. The molecule has 17 heavy (non-hydrogen) atoms. The molecule has 0 bridgehead atoms. The van der Waals surface area contributed by atoms with E-state index in [1.54, 1.807) is 11.3 Å². The second kappa shape index (κ2) is 5.04. The minimum Gasteiger partial charge on any atom is -0.370 e. The fourth-order valence-electron chi connectivity index (χ4n) is 2.47. The summed E-state index contributed by atoms with van der Waals surface area (Å²) in [5, 5.41) is 10.8. The van der Waals surface area contributed by atoms with Crippen molar-refractivity contribution >= 4 is 22.4 Å². The fourth-order valence-corrected chi connectivity index (χ4v) is 3.58. The van der Waals surface area contributed by atoms with Crippen LogP contribution < -0.4 is 11.1 Å². The number of aryl methyl sites for hydroxylation is 1. The number of fused-ring (bicyclic) bond motifs is 1. The predicted molar refractivity (Wildman–Crippen MR) is 72.8 cm³/mol. The first kappa shape index (κ1) is 12.4. The van der Waals surface area contributed by atoms with Crippen LogP contribution in [0.25, 0.3) is 0 Å². The third kappa shape index (κ3) is 2.97. The van der Waals surface area contributed by atoms with Gasteiger partial charge in [0.2, 0.25) is 0 Å². The molecule has 4 N–H and O–H groups in total. The predicted octanol–water partition coefficient (Wildman–Crippen LogP) is 2.91. The lowest BCUT2D eigenvalue weighted by molar-refractivity contribution is 0.443. The van der Waals surface area contributed by atoms with Gasteiger partial charge < -0.3 is 11.1 Å². The van der Waals surface area contributed by atoms with Crippen LogP contribution >= 0.6 is 11.3 Å². The maximum absolute atomic E-state index is 7.24. The minimum atomic E-state index is -0.0310. The molecule has 0 aromatic carbocycles. The highest BCUT2D eigenvalue weighted by molar-refractivity contribution is 7.15. The van der Waals surface area contributed by atoms with E-state index in [1.807, 2.05) is 0 Å². The standard InChI is InChI=1S/C12H20N4S/c1-7(2)6-8-4-3-5-9-10(8)15-12(17-9)16-11(13)14/h7-8H,3-6H2,1-2H3,(H4,13,14,15,16). The molecule has 1 aliphatic rings. The van der Waals surface area contributed by atoms with E-state index in [-0.39, 0.29) is 5.96 Å². The molecule has 0 fully saturated rings. The van der Waals surface area contributed by atoms with Crippen molar-refractivity contribution in [2.24, 2.45) is 11.7 Å². The van der Waals surface area contributed by atoms with Gasteiger partial charge in [0, 0.05) is 10.8 Å². The van der Waals surface area contributed by atoms with Gasteiger partial charge in [-0.3, -0.25) is 5.41 Å². The molecule has 1 unspecified atom stereocenters. The number of hydrogen-bond acceptors (Lipinski definition) is 3. The molecule has 4 nitrogen and oxygen atoms in total. The molecule has 0 saturated carbocycles. The summed E-state index contributed by atoms with van der Waals surface area (Å²) >= 11 is 1.65. The number of rotatable bonds is 3. The maximum atomic E-state index is 7.24. The van der Waals surface area contributed by atoms with E-state index in [1.165, 1.54) is 29.8 Å². The first-order chi connectivity index (χ1) is 8.06. The summed E-state index contributed by atoms with van der Waals surface area (Å²) in [7, 11) is 0. The topological polar surface area (TPSA) is 74.8 Å². The van der Waals surface area contributed by atoms with Crippen LogP contribution in [-0.4, -0.2) is 10.9 Å². The summed E-state index contributed by atoms with van der Waals surface area (Å²) in [5.41, 5.74) is 6.59.